The molecule has 0 saturated carbocycles. The lowest BCUT2D eigenvalue weighted by Crippen LogP contribution is -2.21. The summed E-state index contributed by atoms with van der Waals surface area (Å²) in [5.41, 5.74) is 2.50. The maximum atomic E-state index is 12.0. The highest BCUT2D eigenvalue weighted by Crippen LogP contribution is 2.28. The van der Waals surface area contributed by atoms with Crippen molar-refractivity contribution < 1.29 is 14.3 Å². The summed E-state index contributed by atoms with van der Waals surface area (Å²) in [6, 6.07) is 10.9. The number of benzene rings is 2. The average Bonchev–Trinajstić information content (AvgIpc) is 2.55. The maximum absolute atomic E-state index is 12.0. The molecule has 0 bridgehead atoms. The standard InChI is InChI=1S/C17H14Br2N2O3/c18-11-2-4-15(13(19)8-11)21-17(23)9-24-12-3-5-14-10(7-12)1-6-16(22)20-14/h2-5,7-8H,1,6,9H2,(H,20,22)(H,21,23). The zero-order valence-corrected chi connectivity index (χ0v) is 15.7. The van der Waals surface area contributed by atoms with Crippen molar-refractivity contribution in [3.63, 3.8) is 0 Å². The number of nitrogens with one attached hydrogen (secondary N) is 2. The fourth-order valence-corrected chi connectivity index (χ4v) is 3.52. The fraction of sp³-hybridized carbons (Fsp3) is 0.176. The predicted octanol–water partition coefficient (Wildman–Crippen LogP) is 4.11. The first kappa shape index (κ1) is 17.0. The second kappa shape index (κ2) is 7.36. The topological polar surface area (TPSA) is 67.4 Å². The van der Waals surface area contributed by atoms with Gasteiger partial charge in [-0.05, 0) is 64.3 Å². The zero-order valence-electron chi connectivity index (χ0n) is 12.6. The van der Waals surface area contributed by atoms with E-state index in [9.17, 15) is 9.59 Å². The summed E-state index contributed by atoms with van der Waals surface area (Å²) in [5, 5.41) is 5.60. The quantitative estimate of drug-likeness (QED) is 0.731. The molecule has 5 nitrogen and oxygen atoms in total. The molecule has 7 heteroatoms. The monoisotopic (exact) mass is 452 g/mol. The van der Waals surface area contributed by atoms with Crippen LogP contribution in [0.4, 0.5) is 11.4 Å². The van der Waals surface area contributed by atoms with Crippen LogP contribution in [0.25, 0.3) is 0 Å². The van der Waals surface area contributed by atoms with E-state index in [4.69, 9.17) is 4.74 Å². The van der Waals surface area contributed by atoms with Crippen LogP contribution in [0, 0.1) is 0 Å². The van der Waals surface area contributed by atoms with E-state index in [1.165, 1.54) is 0 Å². The van der Waals surface area contributed by atoms with Crippen molar-refractivity contribution in [1.29, 1.82) is 0 Å². The van der Waals surface area contributed by atoms with Gasteiger partial charge < -0.3 is 15.4 Å². The molecule has 0 atom stereocenters. The first-order valence-corrected chi connectivity index (χ1v) is 8.90. The molecule has 2 N–H and O–H groups in total. The number of hydrogen-bond donors (Lipinski definition) is 2. The summed E-state index contributed by atoms with van der Waals surface area (Å²) in [5.74, 6) is 0.384. The summed E-state index contributed by atoms with van der Waals surface area (Å²) in [7, 11) is 0. The molecule has 0 saturated heterocycles. The number of rotatable bonds is 4. The van der Waals surface area contributed by atoms with Crippen molar-refractivity contribution in [1.82, 2.24) is 0 Å². The van der Waals surface area contributed by atoms with Crippen LogP contribution >= 0.6 is 31.9 Å². The molecule has 1 aliphatic rings. The number of fused-ring (bicyclic) bond motifs is 1. The molecule has 0 unspecified atom stereocenters. The Balaban J connectivity index is 1.59. The Kier molecular flexibility index (Phi) is 5.20. The first-order valence-electron chi connectivity index (χ1n) is 7.32. The molecule has 24 heavy (non-hydrogen) atoms. The number of carbonyl (C=O) groups excluding carboxylic acids is 2. The number of amides is 2. The van der Waals surface area contributed by atoms with Gasteiger partial charge in [0.2, 0.25) is 5.91 Å². The highest BCUT2D eigenvalue weighted by Gasteiger charge is 2.15. The van der Waals surface area contributed by atoms with E-state index in [0.29, 0.717) is 24.3 Å². The largest absolute Gasteiger partial charge is 0.484 e. The minimum atomic E-state index is -0.246. The second-order valence-electron chi connectivity index (χ2n) is 5.33. The van der Waals surface area contributed by atoms with E-state index < -0.39 is 0 Å². The highest BCUT2D eigenvalue weighted by atomic mass is 79.9. The number of halogens is 2. The normalized spacial score (nSPS) is 13.0. The second-order valence-corrected chi connectivity index (χ2v) is 7.10. The van der Waals surface area contributed by atoms with Gasteiger partial charge in [-0.15, -0.1) is 0 Å². The smallest absolute Gasteiger partial charge is 0.262 e. The Morgan fingerprint density at radius 3 is 2.79 bits per heavy atom. The maximum Gasteiger partial charge on any atom is 0.262 e. The molecular weight excluding hydrogens is 440 g/mol. The number of aryl methyl sites for hydroxylation is 1. The third kappa shape index (κ3) is 4.15. The molecule has 0 aliphatic carbocycles. The Morgan fingerprint density at radius 1 is 1.17 bits per heavy atom. The fourth-order valence-electron chi connectivity index (χ4n) is 2.38. The molecule has 0 spiro atoms. The van der Waals surface area contributed by atoms with Gasteiger partial charge in [-0.2, -0.15) is 0 Å². The van der Waals surface area contributed by atoms with Crippen LogP contribution in [0.15, 0.2) is 45.3 Å². The lowest BCUT2D eigenvalue weighted by Gasteiger charge is -2.17. The Bertz CT molecular complexity index is 808. The summed E-state index contributed by atoms with van der Waals surface area (Å²) >= 11 is 6.76. The van der Waals surface area contributed by atoms with Crippen LogP contribution in [-0.4, -0.2) is 18.4 Å². The minimum absolute atomic E-state index is 0.0237. The van der Waals surface area contributed by atoms with E-state index in [2.05, 4.69) is 42.5 Å². The number of hydrogen-bond acceptors (Lipinski definition) is 3. The molecule has 124 valence electrons. The van der Waals surface area contributed by atoms with Gasteiger partial charge in [-0.3, -0.25) is 9.59 Å². The highest BCUT2D eigenvalue weighted by molar-refractivity contribution is 9.11. The molecule has 1 aliphatic heterocycles. The zero-order chi connectivity index (χ0) is 17.1. The molecule has 1 heterocycles. The van der Waals surface area contributed by atoms with Crippen molar-refractivity contribution in [2.75, 3.05) is 17.2 Å². The van der Waals surface area contributed by atoms with Gasteiger partial charge in [0.05, 0.1) is 5.69 Å². The lowest BCUT2D eigenvalue weighted by atomic mass is 10.0. The van der Waals surface area contributed by atoms with Gasteiger partial charge >= 0.3 is 0 Å². The van der Waals surface area contributed by atoms with Gasteiger partial charge in [0, 0.05) is 21.1 Å². The predicted molar refractivity (Wildman–Crippen MR) is 99.4 cm³/mol. The van der Waals surface area contributed by atoms with Gasteiger partial charge in [0.1, 0.15) is 5.75 Å². The van der Waals surface area contributed by atoms with Crippen molar-refractivity contribution in [3.05, 3.63) is 50.9 Å². The van der Waals surface area contributed by atoms with Gasteiger partial charge in [0.15, 0.2) is 6.61 Å². The Hall–Kier alpha value is -1.86. The molecule has 0 fully saturated rings. The molecule has 3 rings (SSSR count). The molecule has 2 aromatic rings. The SMILES string of the molecule is O=C(COc1ccc2c(c1)CCC(=O)N2)Nc1ccc(Br)cc1Br. The van der Waals surface area contributed by atoms with Gasteiger partial charge in [-0.25, -0.2) is 0 Å². The van der Waals surface area contributed by atoms with E-state index >= 15 is 0 Å². The molecular formula is C17H14Br2N2O3. The van der Waals surface area contributed by atoms with Crippen molar-refractivity contribution in [2.24, 2.45) is 0 Å². The van der Waals surface area contributed by atoms with Gasteiger partial charge in [-0.1, -0.05) is 15.9 Å². The third-order valence-corrected chi connectivity index (χ3v) is 4.70. The molecule has 0 aromatic heterocycles. The number of carbonyl (C=O) groups is 2. The van der Waals surface area contributed by atoms with E-state index in [0.717, 1.165) is 20.2 Å². The molecule has 2 amide bonds. The summed E-state index contributed by atoms with van der Waals surface area (Å²) in [6.45, 7) is -0.0896. The molecule has 0 radical (unpaired) electrons. The van der Waals surface area contributed by atoms with Crippen molar-refractivity contribution in [2.45, 2.75) is 12.8 Å². The van der Waals surface area contributed by atoms with Crippen molar-refractivity contribution >= 4 is 55.0 Å². The van der Waals surface area contributed by atoms with Crippen LogP contribution in [0.2, 0.25) is 0 Å². The summed E-state index contributed by atoms with van der Waals surface area (Å²) in [4.78, 5) is 23.4. The van der Waals surface area contributed by atoms with Crippen LogP contribution in [0.5, 0.6) is 5.75 Å². The van der Waals surface area contributed by atoms with Gasteiger partial charge in [0.25, 0.3) is 5.91 Å². The van der Waals surface area contributed by atoms with Crippen LogP contribution in [0.1, 0.15) is 12.0 Å². The first-order chi connectivity index (χ1) is 11.5. The van der Waals surface area contributed by atoms with Crippen LogP contribution < -0.4 is 15.4 Å². The lowest BCUT2D eigenvalue weighted by molar-refractivity contribution is -0.118. The van der Waals surface area contributed by atoms with E-state index in [1.54, 1.807) is 18.2 Å². The number of anilines is 2. The third-order valence-electron chi connectivity index (χ3n) is 3.55. The summed E-state index contributed by atoms with van der Waals surface area (Å²) in [6.07, 6.45) is 1.14. The van der Waals surface area contributed by atoms with E-state index in [1.807, 2.05) is 18.2 Å². The Morgan fingerprint density at radius 2 is 2.00 bits per heavy atom. The Labute approximate surface area is 156 Å². The summed E-state index contributed by atoms with van der Waals surface area (Å²) < 4.78 is 7.26. The average molecular weight is 454 g/mol. The number of ether oxygens (including phenoxy) is 1. The van der Waals surface area contributed by atoms with Crippen LogP contribution in [0.3, 0.4) is 0 Å². The minimum Gasteiger partial charge on any atom is -0.484 e. The van der Waals surface area contributed by atoms with Crippen molar-refractivity contribution in [3.8, 4) is 5.75 Å². The van der Waals surface area contributed by atoms with Crippen LogP contribution in [-0.2, 0) is 16.0 Å². The molecule has 2 aromatic carbocycles. The van der Waals surface area contributed by atoms with E-state index in [-0.39, 0.29) is 18.4 Å².